The van der Waals surface area contributed by atoms with Gasteiger partial charge in [-0.1, -0.05) is 25.0 Å². The topological polar surface area (TPSA) is 105 Å². The molecule has 4 rings (SSSR count). The molecular weight excluding hydrogens is 410 g/mol. The largest absolute Gasteiger partial charge is 0.497 e. The molecule has 32 heavy (non-hydrogen) atoms. The van der Waals surface area contributed by atoms with Gasteiger partial charge in [0.05, 0.1) is 24.2 Å². The number of methoxy groups -OCH3 is 1. The molecule has 170 valence electrons. The number of hydrogen-bond donors (Lipinski definition) is 2. The molecule has 1 aliphatic heterocycles. The summed E-state index contributed by atoms with van der Waals surface area (Å²) in [6, 6.07) is 13.6. The van der Waals surface area contributed by atoms with Crippen molar-refractivity contribution in [2.75, 3.05) is 25.5 Å². The lowest BCUT2D eigenvalue weighted by Crippen LogP contribution is -2.56. The van der Waals surface area contributed by atoms with Gasteiger partial charge < -0.3 is 15.2 Å². The second-order valence-electron chi connectivity index (χ2n) is 8.75. The smallest absolute Gasteiger partial charge is 0.269 e. The molecule has 1 saturated heterocycles. The van der Waals surface area contributed by atoms with E-state index in [-0.39, 0.29) is 30.1 Å². The van der Waals surface area contributed by atoms with Crippen molar-refractivity contribution in [2.24, 2.45) is 5.92 Å². The summed E-state index contributed by atoms with van der Waals surface area (Å²) in [5.41, 5.74) is 0.871. The average molecular weight is 440 g/mol. The standard InChI is InChI=1S/C24H29N3O5/c1-32-20-11-5-17(6-12-20)23-21-4-2-3-13-24(21,29)14-15-26(23)16-22(28)25-18-7-9-19(10-8-18)27(30)31/h5-12,21,23,29H,2-4,13-16H2,1H3,(H,25,28)/t21-,23-,24-/m1/s1. The number of ether oxygens (including phenoxy) is 1. The first-order valence-electron chi connectivity index (χ1n) is 11.0. The van der Waals surface area contributed by atoms with Gasteiger partial charge in [0, 0.05) is 36.3 Å². The van der Waals surface area contributed by atoms with Gasteiger partial charge in [-0.2, -0.15) is 0 Å². The second-order valence-corrected chi connectivity index (χ2v) is 8.75. The number of nitrogens with zero attached hydrogens (tertiary/aromatic N) is 2. The number of non-ortho nitro benzene ring substituents is 1. The number of likely N-dealkylation sites (tertiary alicyclic amines) is 1. The molecule has 1 amide bonds. The molecule has 2 aromatic rings. The van der Waals surface area contributed by atoms with E-state index in [0.717, 1.165) is 37.0 Å². The molecule has 1 heterocycles. The van der Waals surface area contributed by atoms with Gasteiger partial charge in [-0.05, 0) is 49.1 Å². The third kappa shape index (κ3) is 4.61. The SMILES string of the molecule is COc1ccc([C@@H]2[C@H]3CCCC[C@@]3(O)CCN2CC(=O)Nc2ccc([N+](=O)[O-])cc2)cc1. The molecule has 1 aliphatic carbocycles. The number of rotatable bonds is 6. The Bertz CT molecular complexity index is 963. The van der Waals surface area contributed by atoms with Crippen molar-refractivity contribution in [1.82, 2.24) is 4.90 Å². The highest BCUT2D eigenvalue weighted by Crippen LogP contribution is 2.49. The molecule has 1 saturated carbocycles. The Morgan fingerprint density at radius 2 is 1.91 bits per heavy atom. The van der Waals surface area contributed by atoms with Crippen LogP contribution in [0.15, 0.2) is 48.5 Å². The summed E-state index contributed by atoms with van der Waals surface area (Å²) in [7, 11) is 1.63. The number of nitro benzene ring substituents is 1. The van der Waals surface area contributed by atoms with Crippen molar-refractivity contribution in [3.05, 3.63) is 64.2 Å². The number of carbonyl (C=O) groups excluding carboxylic acids is 1. The van der Waals surface area contributed by atoms with Crippen LogP contribution in [0.3, 0.4) is 0 Å². The first-order chi connectivity index (χ1) is 15.4. The molecule has 8 nitrogen and oxygen atoms in total. The van der Waals surface area contributed by atoms with Gasteiger partial charge in [0.1, 0.15) is 5.75 Å². The number of fused-ring (bicyclic) bond motifs is 1. The Balaban J connectivity index is 1.53. The van der Waals surface area contributed by atoms with Crippen LogP contribution in [-0.4, -0.2) is 46.6 Å². The molecule has 2 N–H and O–H groups in total. The van der Waals surface area contributed by atoms with Crippen LogP contribution in [0.4, 0.5) is 11.4 Å². The molecule has 0 aromatic heterocycles. The average Bonchev–Trinajstić information content (AvgIpc) is 2.79. The van der Waals surface area contributed by atoms with E-state index in [0.29, 0.717) is 18.7 Å². The highest BCUT2D eigenvalue weighted by Gasteiger charge is 2.49. The van der Waals surface area contributed by atoms with Crippen LogP contribution < -0.4 is 10.1 Å². The van der Waals surface area contributed by atoms with Gasteiger partial charge in [0.25, 0.3) is 5.69 Å². The molecule has 0 spiro atoms. The summed E-state index contributed by atoms with van der Waals surface area (Å²) < 4.78 is 5.29. The van der Waals surface area contributed by atoms with E-state index in [1.54, 1.807) is 7.11 Å². The molecule has 0 radical (unpaired) electrons. The van der Waals surface area contributed by atoms with E-state index >= 15 is 0 Å². The first-order valence-corrected chi connectivity index (χ1v) is 11.0. The zero-order chi connectivity index (χ0) is 22.7. The normalized spacial score (nSPS) is 25.6. The molecule has 2 fully saturated rings. The summed E-state index contributed by atoms with van der Waals surface area (Å²) in [6.07, 6.45) is 4.47. The molecule has 0 unspecified atom stereocenters. The van der Waals surface area contributed by atoms with Gasteiger partial charge in [-0.3, -0.25) is 19.8 Å². The van der Waals surface area contributed by atoms with Gasteiger partial charge in [-0.25, -0.2) is 0 Å². The molecule has 2 aromatic carbocycles. The summed E-state index contributed by atoms with van der Waals surface area (Å²) in [5, 5.41) is 25.0. The van der Waals surface area contributed by atoms with Crippen molar-refractivity contribution in [2.45, 2.75) is 43.7 Å². The van der Waals surface area contributed by atoms with Gasteiger partial charge in [0.2, 0.25) is 5.91 Å². The predicted octanol–water partition coefficient (Wildman–Crippen LogP) is 3.91. The Hall–Kier alpha value is -2.97. The van der Waals surface area contributed by atoms with Crippen molar-refractivity contribution < 1.29 is 19.6 Å². The fourth-order valence-electron chi connectivity index (χ4n) is 5.22. The van der Waals surface area contributed by atoms with Crippen molar-refractivity contribution in [3.63, 3.8) is 0 Å². The third-order valence-electron chi connectivity index (χ3n) is 6.84. The van der Waals surface area contributed by atoms with Gasteiger partial charge >= 0.3 is 0 Å². The summed E-state index contributed by atoms with van der Waals surface area (Å²) in [4.78, 5) is 25.4. The lowest BCUT2D eigenvalue weighted by Gasteiger charge is -2.52. The summed E-state index contributed by atoms with van der Waals surface area (Å²) in [6.45, 7) is 0.803. The van der Waals surface area contributed by atoms with Crippen LogP contribution >= 0.6 is 0 Å². The van der Waals surface area contributed by atoms with E-state index in [1.165, 1.54) is 24.3 Å². The fourth-order valence-corrected chi connectivity index (χ4v) is 5.22. The van der Waals surface area contributed by atoms with Crippen LogP contribution in [0.2, 0.25) is 0 Å². The highest BCUT2D eigenvalue weighted by atomic mass is 16.6. The van der Waals surface area contributed by atoms with Crippen molar-refractivity contribution in [1.29, 1.82) is 0 Å². The number of benzene rings is 2. The zero-order valence-electron chi connectivity index (χ0n) is 18.2. The minimum Gasteiger partial charge on any atom is -0.497 e. The minimum absolute atomic E-state index is 0.0183. The monoisotopic (exact) mass is 439 g/mol. The molecule has 3 atom stereocenters. The maximum absolute atomic E-state index is 12.8. The van der Waals surface area contributed by atoms with E-state index in [4.69, 9.17) is 4.74 Å². The number of aliphatic hydroxyl groups is 1. The van der Waals surface area contributed by atoms with Crippen molar-refractivity contribution in [3.8, 4) is 5.75 Å². The number of nitro groups is 1. The number of hydrogen-bond acceptors (Lipinski definition) is 6. The minimum atomic E-state index is -0.700. The van der Waals surface area contributed by atoms with E-state index in [9.17, 15) is 20.0 Å². The summed E-state index contributed by atoms with van der Waals surface area (Å²) >= 11 is 0. The Morgan fingerprint density at radius 3 is 2.56 bits per heavy atom. The molecule has 8 heteroatoms. The maximum atomic E-state index is 12.8. The van der Waals surface area contributed by atoms with E-state index in [2.05, 4.69) is 10.2 Å². The molecule has 0 bridgehead atoms. The number of nitrogens with one attached hydrogen (secondary N) is 1. The predicted molar refractivity (Wildman–Crippen MR) is 121 cm³/mol. The van der Waals surface area contributed by atoms with Crippen LogP contribution in [0.25, 0.3) is 0 Å². The summed E-state index contributed by atoms with van der Waals surface area (Å²) in [5.74, 6) is 0.648. The molecular formula is C24H29N3O5. The van der Waals surface area contributed by atoms with E-state index in [1.807, 2.05) is 24.3 Å². The quantitative estimate of drug-likeness (QED) is 0.522. The lowest BCUT2D eigenvalue weighted by atomic mass is 9.66. The first kappa shape index (κ1) is 22.2. The second kappa shape index (κ2) is 9.26. The number of piperidine rings is 1. The molecule has 2 aliphatic rings. The van der Waals surface area contributed by atoms with Gasteiger partial charge in [0.15, 0.2) is 0 Å². The Morgan fingerprint density at radius 1 is 1.19 bits per heavy atom. The number of anilines is 1. The van der Waals surface area contributed by atoms with Crippen molar-refractivity contribution >= 4 is 17.3 Å². The Kier molecular flexibility index (Phi) is 6.43. The van der Waals surface area contributed by atoms with Crippen LogP contribution in [0.1, 0.15) is 43.7 Å². The fraction of sp³-hybridized carbons (Fsp3) is 0.458. The zero-order valence-corrected chi connectivity index (χ0v) is 18.2. The number of carbonyl (C=O) groups is 1. The van der Waals surface area contributed by atoms with Crippen LogP contribution in [-0.2, 0) is 4.79 Å². The van der Waals surface area contributed by atoms with Gasteiger partial charge in [-0.15, -0.1) is 0 Å². The highest BCUT2D eigenvalue weighted by molar-refractivity contribution is 5.92. The Labute approximate surface area is 187 Å². The lowest BCUT2D eigenvalue weighted by molar-refractivity contribution is -0.384. The van der Waals surface area contributed by atoms with Crippen LogP contribution in [0.5, 0.6) is 5.75 Å². The number of amides is 1. The maximum Gasteiger partial charge on any atom is 0.269 e. The third-order valence-corrected chi connectivity index (χ3v) is 6.84. The van der Waals surface area contributed by atoms with Crippen LogP contribution in [0, 0.1) is 16.0 Å². The van der Waals surface area contributed by atoms with E-state index < -0.39 is 10.5 Å².